The molecule has 0 spiro atoms. The Hall–Kier alpha value is -4.09. The Bertz CT molecular complexity index is 1620. The summed E-state index contributed by atoms with van der Waals surface area (Å²) in [5.74, 6) is -0.562. The van der Waals surface area contributed by atoms with Crippen molar-refractivity contribution >= 4 is 48.9 Å². The summed E-state index contributed by atoms with van der Waals surface area (Å²) < 4.78 is 30.1. The van der Waals surface area contributed by atoms with Crippen LogP contribution in [0, 0.1) is 10.1 Å². The molecule has 0 atom stereocenters. The number of hydrogen-bond donors (Lipinski definition) is 0. The average Bonchev–Trinajstić information content (AvgIpc) is 3.21. The number of thiazole rings is 1. The molecule has 9 nitrogen and oxygen atoms in total. The highest BCUT2D eigenvalue weighted by atomic mass is 32.2. The first-order chi connectivity index (χ1) is 17.3. The van der Waals surface area contributed by atoms with Crippen LogP contribution in [0.15, 0.2) is 95.3 Å². The first kappa shape index (κ1) is 25.0. The van der Waals surface area contributed by atoms with Gasteiger partial charge in [0.1, 0.15) is 0 Å². The fourth-order valence-electron chi connectivity index (χ4n) is 3.70. The third-order valence-corrected chi connectivity index (χ3v) is 8.38. The lowest BCUT2D eigenvalue weighted by molar-refractivity contribution is -0.384. The van der Waals surface area contributed by atoms with Crippen LogP contribution in [0.2, 0.25) is 0 Å². The Kier molecular flexibility index (Phi) is 7.13. The number of aromatic nitrogens is 1. The highest BCUT2D eigenvalue weighted by molar-refractivity contribution is 7.92. The number of fused-ring (bicyclic) bond motifs is 1. The van der Waals surface area contributed by atoms with Crippen LogP contribution in [-0.2, 0) is 16.6 Å². The highest BCUT2D eigenvalue weighted by Crippen LogP contribution is 2.25. The number of sulfonamides is 1. The number of anilines is 1. The number of hydrogen-bond acceptors (Lipinski definition) is 6. The molecular formula is C25H22N4O5S2. The van der Waals surface area contributed by atoms with Crippen LogP contribution < -0.4 is 9.11 Å². The smallest absolute Gasteiger partial charge is 0.279 e. The molecule has 4 rings (SSSR count). The number of non-ortho nitro benzene ring substituents is 1. The van der Waals surface area contributed by atoms with Crippen molar-refractivity contribution < 1.29 is 18.1 Å². The van der Waals surface area contributed by atoms with Gasteiger partial charge in [-0.25, -0.2) is 8.42 Å². The molecule has 3 aromatic carbocycles. The van der Waals surface area contributed by atoms with E-state index in [1.165, 1.54) is 52.0 Å². The van der Waals surface area contributed by atoms with Gasteiger partial charge in [0.15, 0.2) is 4.80 Å². The first-order valence-corrected chi connectivity index (χ1v) is 13.2. The summed E-state index contributed by atoms with van der Waals surface area (Å²) in [6, 6.07) is 18.8. The molecule has 0 aliphatic heterocycles. The Morgan fingerprint density at radius 2 is 1.83 bits per heavy atom. The zero-order valence-electron chi connectivity index (χ0n) is 19.3. The lowest BCUT2D eigenvalue weighted by Gasteiger charge is -2.22. The molecule has 1 aromatic heterocycles. The zero-order valence-corrected chi connectivity index (χ0v) is 20.9. The number of carbonyl (C=O) groups excluding carboxylic acids is 1. The van der Waals surface area contributed by atoms with E-state index in [0.717, 1.165) is 4.70 Å². The molecule has 0 bridgehead atoms. The number of nitrogens with zero attached hydrogens (tertiary/aromatic N) is 4. The molecule has 36 heavy (non-hydrogen) atoms. The van der Waals surface area contributed by atoms with Crippen LogP contribution in [0.1, 0.15) is 17.3 Å². The van der Waals surface area contributed by atoms with Gasteiger partial charge in [-0.05, 0) is 49.4 Å². The van der Waals surface area contributed by atoms with Gasteiger partial charge >= 0.3 is 0 Å². The minimum Gasteiger partial charge on any atom is -0.312 e. The van der Waals surface area contributed by atoms with E-state index in [0.29, 0.717) is 22.6 Å². The number of amides is 1. The number of benzene rings is 3. The van der Waals surface area contributed by atoms with E-state index in [1.807, 2.05) is 6.07 Å². The number of nitro benzene ring substituents is 1. The average molecular weight is 523 g/mol. The molecule has 0 radical (unpaired) electrons. The second-order valence-electron chi connectivity index (χ2n) is 7.64. The van der Waals surface area contributed by atoms with Crippen molar-refractivity contribution in [2.45, 2.75) is 18.4 Å². The quantitative estimate of drug-likeness (QED) is 0.188. The molecule has 184 valence electrons. The van der Waals surface area contributed by atoms with Crippen molar-refractivity contribution in [1.29, 1.82) is 0 Å². The van der Waals surface area contributed by atoms with Crippen LogP contribution >= 0.6 is 11.3 Å². The molecule has 0 saturated heterocycles. The largest absolute Gasteiger partial charge is 0.312 e. The number of rotatable bonds is 8. The van der Waals surface area contributed by atoms with E-state index < -0.39 is 20.9 Å². The van der Waals surface area contributed by atoms with Gasteiger partial charge in [0.2, 0.25) is 0 Å². The van der Waals surface area contributed by atoms with Crippen LogP contribution in [0.25, 0.3) is 10.2 Å². The minimum atomic E-state index is -3.82. The first-order valence-electron chi connectivity index (χ1n) is 10.9. The van der Waals surface area contributed by atoms with Gasteiger partial charge in [-0.1, -0.05) is 35.6 Å². The molecule has 0 N–H and O–H groups in total. The molecule has 1 heterocycles. The van der Waals surface area contributed by atoms with Gasteiger partial charge in [-0.2, -0.15) is 4.99 Å². The highest BCUT2D eigenvalue weighted by Gasteiger charge is 2.23. The summed E-state index contributed by atoms with van der Waals surface area (Å²) in [5.41, 5.74) is 1.27. The maximum absolute atomic E-state index is 13.2. The van der Waals surface area contributed by atoms with Crippen molar-refractivity contribution in [2.24, 2.45) is 4.99 Å². The van der Waals surface area contributed by atoms with E-state index in [2.05, 4.69) is 11.6 Å². The van der Waals surface area contributed by atoms with E-state index in [1.54, 1.807) is 47.9 Å². The SMILES string of the molecule is C=CCn1c(=NC(=O)c2ccc(S(=O)(=O)N(CC)c3ccccc3)cc2)sc2ccc([N+](=O)[O-])cc21. The van der Waals surface area contributed by atoms with Crippen molar-refractivity contribution in [3.63, 3.8) is 0 Å². The van der Waals surface area contributed by atoms with Crippen LogP contribution in [-0.4, -0.2) is 30.4 Å². The molecule has 1 amide bonds. The van der Waals surface area contributed by atoms with Crippen molar-refractivity contribution in [3.8, 4) is 0 Å². The van der Waals surface area contributed by atoms with Crippen LogP contribution in [0.3, 0.4) is 0 Å². The molecule has 11 heteroatoms. The lowest BCUT2D eigenvalue weighted by Crippen LogP contribution is -2.30. The predicted octanol–water partition coefficient (Wildman–Crippen LogP) is 4.75. The summed E-state index contributed by atoms with van der Waals surface area (Å²) in [7, 11) is -3.82. The molecular weight excluding hydrogens is 500 g/mol. The predicted molar refractivity (Wildman–Crippen MR) is 140 cm³/mol. The van der Waals surface area contributed by atoms with E-state index in [9.17, 15) is 23.3 Å². The number of para-hydroxylation sites is 1. The van der Waals surface area contributed by atoms with Gasteiger partial charge < -0.3 is 4.57 Å². The van der Waals surface area contributed by atoms with Gasteiger partial charge in [0, 0.05) is 30.8 Å². The number of allylic oxidation sites excluding steroid dienone is 1. The molecule has 0 unspecified atom stereocenters. The van der Waals surface area contributed by atoms with Crippen LogP contribution in [0.4, 0.5) is 11.4 Å². The molecule has 0 aliphatic rings. The Morgan fingerprint density at radius 1 is 1.14 bits per heavy atom. The van der Waals surface area contributed by atoms with Crippen molar-refractivity contribution in [2.75, 3.05) is 10.8 Å². The fraction of sp³-hybridized carbons (Fsp3) is 0.120. The number of carbonyl (C=O) groups is 1. The third kappa shape index (κ3) is 4.83. The summed E-state index contributed by atoms with van der Waals surface area (Å²) in [6.45, 7) is 6.01. The molecule has 0 fully saturated rings. The third-order valence-electron chi connectivity index (χ3n) is 5.41. The fourth-order valence-corrected chi connectivity index (χ4v) is 6.19. The monoisotopic (exact) mass is 522 g/mol. The van der Waals surface area contributed by atoms with Crippen LogP contribution in [0.5, 0.6) is 0 Å². The molecule has 0 saturated carbocycles. The molecule has 4 aromatic rings. The summed E-state index contributed by atoms with van der Waals surface area (Å²) >= 11 is 1.22. The summed E-state index contributed by atoms with van der Waals surface area (Å²) in [6.07, 6.45) is 1.61. The standard InChI is InChI=1S/C25H22N4O5S2/c1-3-16-27-22-17-20(29(31)32)12-15-23(22)35-25(27)26-24(30)18-10-13-21(14-11-18)36(33,34)28(4-2)19-8-6-5-7-9-19/h3,5-15,17H,1,4,16H2,2H3. The Morgan fingerprint density at radius 3 is 2.44 bits per heavy atom. The van der Waals surface area contributed by atoms with Gasteiger partial charge in [0.25, 0.3) is 21.6 Å². The zero-order chi connectivity index (χ0) is 25.9. The van der Waals surface area contributed by atoms with E-state index in [4.69, 9.17) is 0 Å². The van der Waals surface area contributed by atoms with Crippen molar-refractivity contribution in [1.82, 2.24) is 4.57 Å². The summed E-state index contributed by atoms with van der Waals surface area (Å²) in [5, 5.41) is 11.2. The Labute approximate surface area is 211 Å². The topological polar surface area (TPSA) is 115 Å². The van der Waals surface area contributed by atoms with Gasteiger partial charge in [-0.3, -0.25) is 19.2 Å². The van der Waals surface area contributed by atoms with E-state index in [-0.39, 0.29) is 22.7 Å². The van der Waals surface area contributed by atoms with Gasteiger partial charge in [-0.15, -0.1) is 6.58 Å². The maximum atomic E-state index is 13.2. The van der Waals surface area contributed by atoms with E-state index >= 15 is 0 Å². The van der Waals surface area contributed by atoms with Crippen molar-refractivity contribution in [3.05, 3.63) is 106 Å². The lowest BCUT2D eigenvalue weighted by atomic mass is 10.2. The number of nitro groups is 1. The second-order valence-corrected chi connectivity index (χ2v) is 10.5. The second kappa shape index (κ2) is 10.3. The minimum absolute atomic E-state index is 0.0562. The maximum Gasteiger partial charge on any atom is 0.279 e. The normalized spacial score (nSPS) is 12.0. The molecule has 0 aliphatic carbocycles. The van der Waals surface area contributed by atoms with Gasteiger partial charge in [0.05, 0.1) is 25.7 Å². The summed E-state index contributed by atoms with van der Waals surface area (Å²) in [4.78, 5) is 28.3. The Balaban J connectivity index is 1.68.